The predicted octanol–water partition coefficient (Wildman–Crippen LogP) is 2.71. The number of halogens is 1. The Balaban J connectivity index is 2.97. The lowest BCUT2D eigenvalue weighted by molar-refractivity contribution is 0.337. The van der Waals surface area contributed by atoms with Crippen LogP contribution in [-0.2, 0) is 0 Å². The van der Waals surface area contributed by atoms with Crippen LogP contribution < -0.4 is 10.5 Å². The molecule has 1 rings (SSSR count). The summed E-state index contributed by atoms with van der Waals surface area (Å²) in [4.78, 5) is 0. The Hall–Kier alpha value is -0.290. The van der Waals surface area contributed by atoms with Crippen molar-refractivity contribution in [3.8, 4) is 5.75 Å². The van der Waals surface area contributed by atoms with Crippen LogP contribution in [0.1, 0.15) is 25.5 Å². The van der Waals surface area contributed by atoms with E-state index in [1.165, 1.54) is 0 Å². The molecular formula is C10H14INO. The standard InChI is InChI=1S/C10H14INO/c1-3-13-10-6-8(7(2)12)4-5-9(10)11/h4-7H,3,12H2,1-2H3. The number of benzene rings is 1. The normalized spacial score (nSPS) is 12.6. The zero-order chi connectivity index (χ0) is 9.84. The van der Waals surface area contributed by atoms with E-state index >= 15 is 0 Å². The van der Waals surface area contributed by atoms with Gasteiger partial charge in [-0.05, 0) is 54.1 Å². The molecule has 0 aliphatic rings. The summed E-state index contributed by atoms with van der Waals surface area (Å²) < 4.78 is 6.59. The summed E-state index contributed by atoms with van der Waals surface area (Å²) >= 11 is 2.26. The Bertz CT molecular complexity index is 286. The van der Waals surface area contributed by atoms with E-state index in [4.69, 9.17) is 10.5 Å². The molecule has 2 N–H and O–H groups in total. The molecule has 0 fully saturated rings. The van der Waals surface area contributed by atoms with Gasteiger partial charge in [-0.1, -0.05) is 6.07 Å². The molecule has 1 unspecified atom stereocenters. The van der Waals surface area contributed by atoms with Crippen molar-refractivity contribution < 1.29 is 4.74 Å². The van der Waals surface area contributed by atoms with E-state index in [9.17, 15) is 0 Å². The van der Waals surface area contributed by atoms with Gasteiger partial charge in [0.2, 0.25) is 0 Å². The summed E-state index contributed by atoms with van der Waals surface area (Å²) in [6, 6.07) is 6.14. The monoisotopic (exact) mass is 291 g/mol. The molecule has 0 spiro atoms. The van der Waals surface area contributed by atoms with Crippen molar-refractivity contribution in [2.75, 3.05) is 6.61 Å². The van der Waals surface area contributed by atoms with Crippen molar-refractivity contribution in [1.29, 1.82) is 0 Å². The predicted molar refractivity (Wildman–Crippen MR) is 62.9 cm³/mol. The maximum atomic E-state index is 5.77. The van der Waals surface area contributed by atoms with Crippen LogP contribution >= 0.6 is 22.6 Å². The number of hydrogen-bond donors (Lipinski definition) is 1. The largest absolute Gasteiger partial charge is 0.493 e. The first-order valence-electron chi connectivity index (χ1n) is 4.33. The van der Waals surface area contributed by atoms with Crippen LogP contribution in [0.4, 0.5) is 0 Å². The van der Waals surface area contributed by atoms with Gasteiger partial charge in [-0.3, -0.25) is 0 Å². The summed E-state index contributed by atoms with van der Waals surface area (Å²) in [5.74, 6) is 0.929. The molecular weight excluding hydrogens is 277 g/mol. The molecule has 1 atom stereocenters. The van der Waals surface area contributed by atoms with Gasteiger partial charge in [0, 0.05) is 6.04 Å². The molecule has 0 saturated heterocycles. The number of nitrogens with two attached hydrogens (primary N) is 1. The summed E-state index contributed by atoms with van der Waals surface area (Å²) in [6.07, 6.45) is 0. The Morgan fingerprint density at radius 3 is 2.77 bits per heavy atom. The second-order valence-corrected chi connectivity index (χ2v) is 4.07. The molecule has 72 valence electrons. The highest BCUT2D eigenvalue weighted by molar-refractivity contribution is 14.1. The molecule has 0 bridgehead atoms. The van der Waals surface area contributed by atoms with Gasteiger partial charge in [0.25, 0.3) is 0 Å². The van der Waals surface area contributed by atoms with Crippen molar-refractivity contribution in [2.45, 2.75) is 19.9 Å². The summed E-state index contributed by atoms with van der Waals surface area (Å²) in [7, 11) is 0. The van der Waals surface area contributed by atoms with E-state index in [-0.39, 0.29) is 6.04 Å². The first kappa shape index (κ1) is 10.8. The van der Waals surface area contributed by atoms with Gasteiger partial charge in [0.05, 0.1) is 10.2 Å². The second-order valence-electron chi connectivity index (χ2n) is 2.91. The van der Waals surface area contributed by atoms with E-state index in [0.717, 1.165) is 14.9 Å². The number of rotatable bonds is 3. The lowest BCUT2D eigenvalue weighted by Crippen LogP contribution is -2.05. The molecule has 3 heteroatoms. The van der Waals surface area contributed by atoms with Crippen LogP contribution in [-0.4, -0.2) is 6.61 Å². The third-order valence-electron chi connectivity index (χ3n) is 1.78. The smallest absolute Gasteiger partial charge is 0.132 e. The molecule has 0 amide bonds. The zero-order valence-corrected chi connectivity index (χ0v) is 10.0. The Labute approximate surface area is 92.6 Å². The van der Waals surface area contributed by atoms with Crippen LogP contribution in [0.15, 0.2) is 18.2 Å². The van der Waals surface area contributed by atoms with Gasteiger partial charge in [0.15, 0.2) is 0 Å². The third kappa shape index (κ3) is 2.84. The fourth-order valence-electron chi connectivity index (χ4n) is 1.07. The summed E-state index contributed by atoms with van der Waals surface area (Å²) in [5.41, 5.74) is 6.89. The summed E-state index contributed by atoms with van der Waals surface area (Å²) in [5, 5.41) is 0. The SMILES string of the molecule is CCOc1cc(C(C)N)ccc1I. The number of hydrogen-bond acceptors (Lipinski definition) is 2. The van der Waals surface area contributed by atoms with Crippen molar-refractivity contribution in [3.05, 3.63) is 27.3 Å². The number of ether oxygens (including phenoxy) is 1. The molecule has 1 aromatic carbocycles. The van der Waals surface area contributed by atoms with Gasteiger partial charge in [-0.2, -0.15) is 0 Å². The molecule has 0 heterocycles. The maximum Gasteiger partial charge on any atom is 0.132 e. The van der Waals surface area contributed by atoms with E-state index < -0.39 is 0 Å². The molecule has 0 aromatic heterocycles. The minimum absolute atomic E-state index is 0.0659. The molecule has 13 heavy (non-hydrogen) atoms. The average Bonchev–Trinajstić information content (AvgIpc) is 2.08. The van der Waals surface area contributed by atoms with Gasteiger partial charge in [-0.15, -0.1) is 0 Å². The first-order valence-corrected chi connectivity index (χ1v) is 5.41. The van der Waals surface area contributed by atoms with Crippen LogP contribution in [0.5, 0.6) is 5.75 Å². The van der Waals surface area contributed by atoms with Crippen LogP contribution in [0.25, 0.3) is 0 Å². The highest BCUT2D eigenvalue weighted by Gasteiger charge is 2.04. The quantitative estimate of drug-likeness (QED) is 0.869. The fraction of sp³-hybridized carbons (Fsp3) is 0.400. The van der Waals surface area contributed by atoms with E-state index in [1.54, 1.807) is 0 Å². The third-order valence-corrected chi connectivity index (χ3v) is 2.67. The van der Waals surface area contributed by atoms with Gasteiger partial charge >= 0.3 is 0 Å². The Morgan fingerprint density at radius 2 is 2.23 bits per heavy atom. The van der Waals surface area contributed by atoms with Gasteiger partial charge in [-0.25, -0.2) is 0 Å². The van der Waals surface area contributed by atoms with Crippen molar-refractivity contribution in [1.82, 2.24) is 0 Å². The molecule has 0 saturated carbocycles. The van der Waals surface area contributed by atoms with Crippen LogP contribution in [0.2, 0.25) is 0 Å². The zero-order valence-electron chi connectivity index (χ0n) is 7.88. The minimum Gasteiger partial charge on any atom is -0.493 e. The van der Waals surface area contributed by atoms with E-state index in [2.05, 4.69) is 22.6 Å². The Morgan fingerprint density at radius 1 is 1.54 bits per heavy atom. The fourth-order valence-corrected chi connectivity index (χ4v) is 1.56. The lowest BCUT2D eigenvalue weighted by Gasteiger charge is -2.10. The van der Waals surface area contributed by atoms with Crippen molar-refractivity contribution in [2.24, 2.45) is 5.73 Å². The molecule has 2 nitrogen and oxygen atoms in total. The van der Waals surface area contributed by atoms with Crippen molar-refractivity contribution >= 4 is 22.6 Å². The molecule has 0 aliphatic heterocycles. The molecule has 1 aromatic rings. The highest BCUT2D eigenvalue weighted by atomic mass is 127. The molecule has 0 radical (unpaired) electrons. The van der Waals surface area contributed by atoms with E-state index in [0.29, 0.717) is 6.61 Å². The second kappa shape index (κ2) is 4.81. The first-order chi connectivity index (χ1) is 6.15. The van der Waals surface area contributed by atoms with Crippen molar-refractivity contribution in [3.63, 3.8) is 0 Å². The Kier molecular flexibility index (Phi) is 3.99. The average molecular weight is 291 g/mol. The minimum atomic E-state index is 0.0659. The topological polar surface area (TPSA) is 35.2 Å². The van der Waals surface area contributed by atoms with Gasteiger partial charge in [0.1, 0.15) is 5.75 Å². The van der Waals surface area contributed by atoms with Gasteiger partial charge < -0.3 is 10.5 Å². The van der Waals surface area contributed by atoms with Crippen LogP contribution in [0, 0.1) is 3.57 Å². The highest BCUT2D eigenvalue weighted by Crippen LogP contribution is 2.24. The molecule has 0 aliphatic carbocycles. The maximum absolute atomic E-state index is 5.77. The van der Waals surface area contributed by atoms with Crippen LogP contribution in [0.3, 0.4) is 0 Å². The van der Waals surface area contributed by atoms with E-state index in [1.807, 2.05) is 32.0 Å². The lowest BCUT2D eigenvalue weighted by atomic mass is 10.1. The summed E-state index contributed by atoms with van der Waals surface area (Å²) in [6.45, 7) is 4.64.